The van der Waals surface area contributed by atoms with Crippen LogP contribution in [-0.4, -0.2) is 16.5 Å². The molecule has 0 atom stereocenters. The fourth-order valence-corrected chi connectivity index (χ4v) is 2.27. The molecule has 0 amide bonds. The molecule has 0 aliphatic carbocycles. The molecular formula is C17H21F3N4. The zero-order valence-electron chi connectivity index (χ0n) is 13.7. The van der Waals surface area contributed by atoms with Crippen molar-refractivity contribution in [3.05, 3.63) is 41.6 Å². The predicted molar refractivity (Wildman–Crippen MR) is 89.5 cm³/mol. The van der Waals surface area contributed by atoms with Gasteiger partial charge in [0.05, 0.1) is 11.3 Å². The van der Waals surface area contributed by atoms with Crippen molar-refractivity contribution in [3.8, 4) is 0 Å². The summed E-state index contributed by atoms with van der Waals surface area (Å²) >= 11 is 0. The summed E-state index contributed by atoms with van der Waals surface area (Å²) in [4.78, 5) is 8.42. The molecule has 2 rings (SSSR count). The maximum atomic E-state index is 13.1. The van der Waals surface area contributed by atoms with Crippen LogP contribution >= 0.6 is 0 Å². The molecule has 2 N–H and O–H groups in total. The molecular weight excluding hydrogens is 317 g/mol. The molecule has 1 aromatic carbocycles. The van der Waals surface area contributed by atoms with Gasteiger partial charge in [-0.25, -0.2) is 4.98 Å². The quantitative estimate of drug-likeness (QED) is 0.686. The first kappa shape index (κ1) is 18.0. The molecule has 0 fully saturated rings. The van der Waals surface area contributed by atoms with E-state index in [1.807, 2.05) is 0 Å². The number of unbranched alkanes of at least 4 members (excludes halogenated alkanes) is 2. The van der Waals surface area contributed by atoms with Crippen LogP contribution in [0.15, 0.2) is 30.3 Å². The number of benzene rings is 1. The van der Waals surface area contributed by atoms with Crippen LogP contribution in [0.4, 0.5) is 30.6 Å². The topological polar surface area (TPSA) is 49.8 Å². The monoisotopic (exact) mass is 338 g/mol. The number of alkyl halides is 3. The van der Waals surface area contributed by atoms with Crippen molar-refractivity contribution >= 4 is 17.5 Å². The van der Waals surface area contributed by atoms with Crippen LogP contribution in [-0.2, 0) is 6.18 Å². The Kier molecular flexibility index (Phi) is 6.00. The third-order valence-corrected chi connectivity index (χ3v) is 3.42. The van der Waals surface area contributed by atoms with Crippen molar-refractivity contribution < 1.29 is 13.2 Å². The maximum absolute atomic E-state index is 13.1. The maximum Gasteiger partial charge on any atom is 0.418 e. The van der Waals surface area contributed by atoms with Gasteiger partial charge in [-0.1, -0.05) is 31.9 Å². The summed E-state index contributed by atoms with van der Waals surface area (Å²) in [5.74, 6) is 0.746. The molecule has 1 aromatic heterocycles. The number of halogens is 3. The molecule has 0 saturated carbocycles. The number of nitrogens with zero attached hydrogens (tertiary/aromatic N) is 2. The molecule has 0 spiro atoms. The van der Waals surface area contributed by atoms with Gasteiger partial charge in [0, 0.05) is 18.3 Å². The Hall–Kier alpha value is -2.31. The normalized spacial score (nSPS) is 11.4. The smallest absolute Gasteiger partial charge is 0.370 e. The van der Waals surface area contributed by atoms with Crippen LogP contribution in [0.2, 0.25) is 0 Å². The highest BCUT2D eigenvalue weighted by molar-refractivity contribution is 5.60. The minimum Gasteiger partial charge on any atom is -0.370 e. The van der Waals surface area contributed by atoms with Crippen LogP contribution in [0.25, 0.3) is 0 Å². The summed E-state index contributed by atoms with van der Waals surface area (Å²) in [5.41, 5.74) is -0.130. The van der Waals surface area contributed by atoms with Gasteiger partial charge in [0.15, 0.2) is 0 Å². The third kappa shape index (κ3) is 5.11. The van der Waals surface area contributed by atoms with Crippen molar-refractivity contribution in [2.24, 2.45) is 0 Å². The lowest BCUT2D eigenvalue weighted by atomic mass is 10.1. The molecule has 4 nitrogen and oxygen atoms in total. The van der Waals surface area contributed by atoms with Crippen molar-refractivity contribution in [2.45, 2.75) is 39.3 Å². The van der Waals surface area contributed by atoms with Crippen LogP contribution in [0.5, 0.6) is 0 Å². The number of hydrogen-bond donors (Lipinski definition) is 2. The van der Waals surface area contributed by atoms with Gasteiger partial charge in [-0.05, 0) is 25.5 Å². The van der Waals surface area contributed by atoms with Gasteiger partial charge in [-0.3, -0.25) is 0 Å². The molecule has 2 aromatic rings. The van der Waals surface area contributed by atoms with E-state index in [-0.39, 0.29) is 11.6 Å². The summed E-state index contributed by atoms with van der Waals surface area (Å²) in [6, 6.07) is 7.06. The van der Waals surface area contributed by atoms with Crippen LogP contribution in [0.1, 0.15) is 37.4 Å². The number of hydrogen-bond acceptors (Lipinski definition) is 4. The third-order valence-electron chi connectivity index (χ3n) is 3.42. The molecule has 0 aliphatic rings. The van der Waals surface area contributed by atoms with Gasteiger partial charge in [0.25, 0.3) is 0 Å². The second kappa shape index (κ2) is 7.99. The predicted octanol–water partition coefficient (Wildman–Crippen LogP) is 5.15. The minimum atomic E-state index is -4.44. The van der Waals surface area contributed by atoms with E-state index in [0.717, 1.165) is 31.9 Å². The lowest BCUT2D eigenvalue weighted by molar-refractivity contribution is -0.136. The fraction of sp³-hybridized carbons (Fsp3) is 0.412. The highest BCUT2D eigenvalue weighted by atomic mass is 19.4. The van der Waals surface area contributed by atoms with Crippen molar-refractivity contribution in [1.82, 2.24) is 9.97 Å². The summed E-state index contributed by atoms with van der Waals surface area (Å²) in [6.45, 7) is 4.66. The number of anilines is 3. The fourth-order valence-electron chi connectivity index (χ4n) is 2.27. The minimum absolute atomic E-state index is 0.0625. The first-order valence-electron chi connectivity index (χ1n) is 7.93. The largest absolute Gasteiger partial charge is 0.418 e. The summed E-state index contributed by atoms with van der Waals surface area (Å²) in [7, 11) is 0. The summed E-state index contributed by atoms with van der Waals surface area (Å²) < 4.78 is 39.2. The average Bonchev–Trinajstić information content (AvgIpc) is 2.50. The van der Waals surface area contributed by atoms with E-state index in [9.17, 15) is 13.2 Å². The first-order chi connectivity index (χ1) is 11.4. The Morgan fingerprint density at radius 3 is 2.54 bits per heavy atom. The van der Waals surface area contributed by atoms with Crippen molar-refractivity contribution in [3.63, 3.8) is 0 Å². The Morgan fingerprint density at radius 2 is 1.83 bits per heavy atom. The van der Waals surface area contributed by atoms with Crippen LogP contribution in [0, 0.1) is 6.92 Å². The van der Waals surface area contributed by atoms with E-state index >= 15 is 0 Å². The molecule has 0 saturated heterocycles. The Morgan fingerprint density at radius 1 is 1.08 bits per heavy atom. The SMILES string of the molecule is CCCCCNc1cc(C)nc(Nc2ccccc2C(F)(F)F)n1. The standard InChI is InChI=1S/C17H21F3N4/c1-3-4-7-10-21-15-11-12(2)22-16(24-15)23-14-9-6-5-8-13(14)17(18,19)20/h5-6,8-9,11H,3-4,7,10H2,1-2H3,(H2,21,22,23,24). The van der Waals surface area contributed by atoms with E-state index in [1.165, 1.54) is 18.2 Å². The zero-order valence-corrected chi connectivity index (χ0v) is 13.7. The van der Waals surface area contributed by atoms with Crippen LogP contribution < -0.4 is 10.6 Å². The second-order valence-corrected chi connectivity index (χ2v) is 5.52. The Bertz CT molecular complexity index is 671. The zero-order chi connectivity index (χ0) is 17.6. The lowest BCUT2D eigenvalue weighted by Gasteiger charge is -2.14. The lowest BCUT2D eigenvalue weighted by Crippen LogP contribution is -2.11. The van der Waals surface area contributed by atoms with Gasteiger partial charge >= 0.3 is 6.18 Å². The van der Waals surface area contributed by atoms with E-state index in [4.69, 9.17) is 0 Å². The van der Waals surface area contributed by atoms with Gasteiger partial charge in [-0.15, -0.1) is 0 Å². The second-order valence-electron chi connectivity index (χ2n) is 5.52. The van der Waals surface area contributed by atoms with Crippen LogP contribution in [0.3, 0.4) is 0 Å². The number of rotatable bonds is 7. The van der Waals surface area contributed by atoms with E-state index < -0.39 is 11.7 Å². The van der Waals surface area contributed by atoms with Gasteiger partial charge in [0.1, 0.15) is 5.82 Å². The molecule has 130 valence electrons. The molecule has 24 heavy (non-hydrogen) atoms. The van der Waals surface area contributed by atoms with Gasteiger partial charge in [0.2, 0.25) is 5.95 Å². The first-order valence-corrected chi connectivity index (χ1v) is 7.93. The number of nitrogens with one attached hydrogen (secondary N) is 2. The molecule has 0 aliphatic heterocycles. The Labute approximate surface area is 139 Å². The molecule has 0 unspecified atom stereocenters. The Balaban J connectivity index is 2.17. The van der Waals surface area contributed by atoms with Crippen molar-refractivity contribution in [2.75, 3.05) is 17.2 Å². The number of para-hydroxylation sites is 1. The van der Waals surface area contributed by atoms with E-state index in [0.29, 0.717) is 11.5 Å². The van der Waals surface area contributed by atoms with E-state index in [1.54, 1.807) is 13.0 Å². The number of aryl methyl sites for hydroxylation is 1. The highest BCUT2D eigenvalue weighted by Gasteiger charge is 2.33. The molecule has 7 heteroatoms. The van der Waals surface area contributed by atoms with Gasteiger partial charge < -0.3 is 10.6 Å². The summed E-state index contributed by atoms with van der Waals surface area (Å²) in [5, 5.41) is 5.86. The van der Waals surface area contributed by atoms with Crippen molar-refractivity contribution in [1.29, 1.82) is 0 Å². The van der Waals surface area contributed by atoms with E-state index in [2.05, 4.69) is 27.5 Å². The highest BCUT2D eigenvalue weighted by Crippen LogP contribution is 2.35. The molecule has 0 bridgehead atoms. The molecule has 0 radical (unpaired) electrons. The average molecular weight is 338 g/mol. The summed E-state index contributed by atoms with van der Waals surface area (Å²) in [6.07, 6.45) is -1.19. The van der Waals surface area contributed by atoms with Gasteiger partial charge in [-0.2, -0.15) is 18.2 Å². The molecule has 1 heterocycles. The number of aromatic nitrogens is 2.